The molecular weight excluding hydrogens is 237 g/mol. The van der Waals surface area contributed by atoms with E-state index in [-0.39, 0.29) is 11.2 Å². The molecule has 2 aliphatic carbocycles. The predicted octanol–water partition coefficient (Wildman–Crippen LogP) is 3.55. The summed E-state index contributed by atoms with van der Waals surface area (Å²) in [6.07, 6.45) is 5.76. The Morgan fingerprint density at radius 3 is 2.71 bits per heavy atom. The van der Waals surface area contributed by atoms with Gasteiger partial charge >= 0.3 is 0 Å². The highest BCUT2D eigenvalue weighted by Gasteiger charge is 2.44. The maximum absolute atomic E-state index is 13.7. The molecule has 0 spiro atoms. The molecule has 3 rings (SSSR count). The fraction of sp³-hybridized carbons (Fsp3) is 0.571. The van der Waals surface area contributed by atoms with Gasteiger partial charge in [-0.1, -0.05) is 17.7 Å². The van der Waals surface area contributed by atoms with Crippen molar-refractivity contribution in [2.75, 3.05) is 6.54 Å². The lowest BCUT2D eigenvalue weighted by Gasteiger charge is -2.17. The van der Waals surface area contributed by atoms with Gasteiger partial charge in [-0.15, -0.1) is 0 Å². The summed E-state index contributed by atoms with van der Waals surface area (Å²) in [5, 5.41) is 4.12. The molecule has 92 valence electrons. The Kier molecular flexibility index (Phi) is 2.87. The standard InChI is InChI=1S/C14H17ClFN/c15-12-2-1-3-13(16)11(12)8-14(6-7-14)9-17-10-4-5-10/h1-3,10,17H,4-9H2. The molecular formula is C14H17ClFN. The monoisotopic (exact) mass is 253 g/mol. The van der Waals surface area contributed by atoms with E-state index in [4.69, 9.17) is 11.6 Å². The molecule has 0 heterocycles. The van der Waals surface area contributed by atoms with E-state index in [1.807, 2.05) is 0 Å². The first-order valence-electron chi connectivity index (χ1n) is 6.35. The smallest absolute Gasteiger partial charge is 0.127 e. The Hall–Kier alpha value is -0.600. The van der Waals surface area contributed by atoms with Crippen molar-refractivity contribution in [2.45, 2.75) is 38.1 Å². The molecule has 0 bridgehead atoms. The first-order valence-corrected chi connectivity index (χ1v) is 6.73. The van der Waals surface area contributed by atoms with Crippen molar-refractivity contribution in [2.24, 2.45) is 5.41 Å². The number of hydrogen-bond donors (Lipinski definition) is 1. The number of nitrogens with one attached hydrogen (secondary N) is 1. The zero-order valence-electron chi connectivity index (χ0n) is 9.81. The quantitative estimate of drug-likeness (QED) is 0.846. The summed E-state index contributed by atoms with van der Waals surface area (Å²) < 4.78 is 13.7. The molecule has 2 fully saturated rings. The van der Waals surface area contributed by atoms with E-state index in [1.54, 1.807) is 12.1 Å². The molecule has 0 saturated heterocycles. The van der Waals surface area contributed by atoms with Crippen LogP contribution in [0.4, 0.5) is 4.39 Å². The third-order valence-corrected chi connectivity index (χ3v) is 4.27. The molecule has 0 atom stereocenters. The second kappa shape index (κ2) is 4.25. The lowest BCUT2D eigenvalue weighted by Crippen LogP contribution is -2.27. The molecule has 0 radical (unpaired) electrons. The molecule has 3 heteroatoms. The first-order chi connectivity index (χ1) is 8.19. The summed E-state index contributed by atoms with van der Waals surface area (Å²) >= 11 is 6.08. The molecule has 1 N–H and O–H groups in total. The molecule has 0 aromatic heterocycles. The van der Waals surface area contributed by atoms with Crippen LogP contribution in [-0.2, 0) is 6.42 Å². The Bertz CT molecular complexity index is 404. The second-order valence-corrected chi connectivity index (χ2v) is 5.94. The van der Waals surface area contributed by atoms with Crippen LogP contribution in [0.2, 0.25) is 5.02 Å². The van der Waals surface area contributed by atoms with Crippen LogP contribution in [-0.4, -0.2) is 12.6 Å². The van der Waals surface area contributed by atoms with Gasteiger partial charge in [0.1, 0.15) is 5.82 Å². The van der Waals surface area contributed by atoms with Crippen molar-refractivity contribution in [3.05, 3.63) is 34.6 Å². The van der Waals surface area contributed by atoms with E-state index in [0.717, 1.165) is 19.0 Å². The highest BCUT2D eigenvalue weighted by molar-refractivity contribution is 6.31. The van der Waals surface area contributed by atoms with Gasteiger partial charge in [0, 0.05) is 23.2 Å². The summed E-state index contributed by atoms with van der Waals surface area (Å²) in [7, 11) is 0. The largest absolute Gasteiger partial charge is 0.313 e. The van der Waals surface area contributed by atoms with Crippen LogP contribution >= 0.6 is 11.6 Å². The minimum atomic E-state index is -0.157. The lowest BCUT2D eigenvalue weighted by molar-refractivity contribution is 0.444. The van der Waals surface area contributed by atoms with Crippen LogP contribution in [0.1, 0.15) is 31.2 Å². The van der Waals surface area contributed by atoms with Gasteiger partial charge in [-0.25, -0.2) is 4.39 Å². The van der Waals surface area contributed by atoms with Crippen LogP contribution in [0, 0.1) is 11.2 Å². The van der Waals surface area contributed by atoms with Gasteiger partial charge in [0.15, 0.2) is 0 Å². The highest BCUT2D eigenvalue weighted by Crippen LogP contribution is 2.49. The van der Waals surface area contributed by atoms with Gasteiger partial charge in [-0.05, 0) is 49.7 Å². The number of halogens is 2. The van der Waals surface area contributed by atoms with Crippen molar-refractivity contribution in [1.29, 1.82) is 0 Å². The van der Waals surface area contributed by atoms with Crippen molar-refractivity contribution < 1.29 is 4.39 Å². The summed E-state index contributed by atoms with van der Waals surface area (Å²) in [6.45, 7) is 1.02. The number of benzene rings is 1. The fourth-order valence-electron chi connectivity index (χ4n) is 2.32. The van der Waals surface area contributed by atoms with Gasteiger partial charge in [-0.2, -0.15) is 0 Å². The predicted molar refractivity (Wildman–Crippen MR) is 67.8 cm³/mol. The summed E-state index contributed by atoms with van der Waals surface area (Å²) in [5.41, 5.74) is 0.971. The Morgan fingerprint density at radius 2 is 2.12 bits per heavy atom. The van der Waals surface area contributed by atoms with Gasteiger partial charge in [0.05, 0.1) is 0 Å². The highest BCUT2D eigenvalue weighted by atomic mass is 35.5. The van der Waals surface area contributed by atoms with Crippen molar-refractivity contribution in [3.63, 3.8) is 0 Å². The van der Waals surface area contributed by atoms with Crippen LogP contribution in [0.25, 0.3) is 0 Å². The first kappa shape index (κ1) is 11.5. The third kappa shape index (κ3) is 2.63. The van der Waals surface area contributed by atoms with Crippen molar-refractivity contribution >= 4 is 11.6 Å². The van der Waals surface area contributed by atoms with Crippen LogP contribution < -0.4 is 5.32 Å². The molecule has 0 amide bonds. The van der Waals surface area contributed by atoms with Crippen LogP contribution in [0.5, 0.6) is 0 Å². The topological polar surface area (TPSA) is 12.0 Å². The third-order valence-electron chi connectivity index (χ3n) is 3.91. The Morgan fingerprint density at radius 1 is 1.35 bits per heavy atom. The number of hydrogen-bond acceptors (Lipinski definition) is 1. The maximum Gasteiger partial charge on any atom is 0.127 e. The normalized spacial score (nSPS) is 21.5. The zero-order chi connectivity index (χ0) is 11.9. The van der Waals surface area contributed by atoms with Gasteiger partial charge in [0.25, 0.3) is 0 Å². The van der Waals surface area contributed by atoms with E-state index in [1.165, 1.54) is 31.7 Å². The van der Waals surface area contributed by atoms with Crippen molar-refractivity contribution in [1.82, 2.24) is 5.32 Å². The number of rotatable bonds is 5. The molecule has 1 aromatic carbocycles. The van der Waals surface area contributed by atoms with E-state index in [2.05, 4.69) is 5.32 Å². The molecule has 2 saturated carbocycles. The van der Waals surface area contributed by atoms with Gasteiger partial charge in [0.2, 0.25) is 0 Å². The zero-order valence-corrected chi connectivity index (χ0v) is 10.6. The summed E-state index contributed by atoms with van der Waals surface area (Å²) in [4.78, 5) is 0. The molecule has 1 nitrogen and oxygen atoms in total. The van der Waals surface area contributed by atoms with Gasteiger partial charge in [-0.3, -0.25) is 0 Å². The molecule has 0 unspecified atom stereocenters. The summed E-state index contributed by atoms with van der Waals surface area (Å²) in [5.74, 6) is -0.157. The maximum atomic E-state index is 13.7. The minimum Gasteiger partial charge on any atom is -0.313 e. The van der Waals surface area contributed by atoms with Crippen molar-refractivity contribution in [3.8, 4) is 0 Å². The van der Waals surface area contributed by atoms with E-state index < -0.39 is 0 Å². The second-order valence-electron chi connectivity index (χ2n) is 5.53. The average Bonchev–Trinajstić information content (AvgIpc) is 3.17. The Balaban J connectivity index is 1.68. The van der Waals surface area contributed by atoms with E-state index in [0.29, 0.717) is 10.6 Å². The molecule has 2 aliphatic rings. The van der Waals surface area contributed by atoms with E-state index in [9.17, 15) is 4.39 Å². The van der Waals surface area contributed by atoms with Gasteiger partial charge < -0.3 is 5.32 Å². The van der Waals surface area contributed by atoms with Crippen LogP contribution in [0.15, 0.2) is 18.2 Å². The molecule has 1 aromatic rings. The lowest BCUT2D eigenvalue weighted by atomic mass is 9.96. The average molecular weight is 254 g/mol. The summed E-state index contributed by atoms with van der Waals surface area (Å²) in [6, 6.07) is 5.68. The Labute approximate surface area is 106 Å². The van der Waals surface area contributed by atoms with Crippen LogP contribution in [0.3, 0.4) is 0 Å². The molecule has 17 heavy (non-hydrogen) atoms. The van der Waals surface area contributed by atoms with E-state index >= 15 is 0 Å². The minimum absolute atomic E-state index is 0.157. The molecule has 0 aliphatic heterocycles. The SMILES string of the molecule is Fc1cccc(Cl)c1CC1(CNC2CC2)CC1. The fourth-order valence-corrected chi connectivity index (χ4v) is 2.55.